The van der Waals surface area contributed by atoms with Crippen LogP contribution in [0.3, 0.4) is 0 Å². The fourth-order valence-electron chi connectivity index (χ4n) is 2.23. The van der Waals surface area contributed by atoms with Crippen LogP contribution in [0.15, 0.2) is 12.7 Å². The van der Waals surface area contributed by atoms with Crippen molar-refractivity contribution in [1.82, 2.24) is 19.5 Å². The first-order chi connectivity index (χ1) is 9.13. The second-order valence-electron chi connectivity index (χ2n) is 4.40. The van der Waals surface area contributed by atoms with Crippen LogP contribution in [-0.4, -0.2) is 54.6 Å². The van der Waals surface area contributed by atoms with Gasteiger partial charge in [0.05, 0.1) is 19.0 Å². The minimum Gasteiger partial charge on any atom is -0.394 e. The number of aromatic nitrogens is 4. The average molecular weight is 266 g/mol. The highest BCUT2D eigenvalue weighted by Gasteiger charge is 2.42. The largest absolute Gasteiger partial charge is 0.394 e. The molecule has 0 bridgehead atoms. The number of nitrogens with two attached hydrogens (primary N) is 2. The van der Waals surface area contributed by atoms with Crippen molar-refractivity contribution < 1.29 is 14.9 Å². The Morgan fingerprint density at radius 1 is 1.37 bits per heavy atom. The first kappa shape index (κ1) is 12.2. The van der Waals surface area contributed by atoms with Crippen LogP contribution < -0.4 is 11.5 Å². The van der Waals surface area contributed by atoms with Gasteiger partial charge in [-0.15, -0.1) is 0 Å². The van der Waals surface area contributed by atoms with Gasteiger partial charge in [-0.05, 0) is 0 Å². The van der Waals surface area contributed by atoms with Crippen LogP contribution in [0.25, 0.3) is 11.2 Å². The number of nitrogens with zero attached hydrogens (tertiary/aromatic N) is 4. The Bertz CT molecular complexity index is 602. The molecule has 6 N–H and O–H groups in total. The van der Waals surface area contributed by atoms with E-state index in [1.165, 1.54) is 12.7 Å². The van der Waals surface area contributed by atoms with Crippen molar-refractivity contribution in [1.29, 1.82) is 0 Å². The van der Waals surface area contributed by atoms with E-state index >= 15 is 0 Å². The molecule has 9 heteroatoms. The van der Waals surface area contributed by atoms with E-state index in [-0.39, 0.29) is 12.4 Å². The maximum atomic E-state index is 9.85. The molecule has 0 saturated carbocycles. The van der Waals surface area contributed by atoms with Crippen LogP contribution in [0, 0.1) is 0 Å². The number of aliphatic hydroxyl groups excluding tert-OH is 2. The van der Waals surface area contributed by atoms with Crippen molar-refractivity contribution >= 4 is 17.0 Å². The Hall–Kier alpha value is -1.81. The van der Waals surface area contributed by atoms with Crippen molar-refractivity contribution in [3.63, 3.8) is 0 Å². The lowest BCUT2D eigenvalue weighted by atomic mass is 10.1. The van der Waals surface area contributed by atoms with Crippen molar-refractivity contribution in [2.75, 3.05) is 12.3 Å². The summed E-state index contributed by atoms with van der Waals surface area (Å²) in [6, 6.07) is -0.689. The standard InChI is InChI=1S/C10H14N6O3/c11-5-7(18)4(1-17)19-10(5)16-3-15-6-8(12)13-2-14-9(6)16/h2-5,7,10,17-18H,1,11H2,(H2,12,13,14)/t4-,5+,7+,10-/m1/s1. The van der Waals surface area contributed by atoms with Crippen LogP contribution in [0.1, 0.15) is 6.23 Å². The molecule has 102 valence electrons. The van der Waals surface area contributed by atoms with E-state index in [0.29, 0.717) is 11.2 Å². The predicted molar refractivity (Wildman–Crippen MR) is 64.7 cm³/mol. The molecule has 4 atom stereocenters. The van der Waals surface area contributed by atoms with Gasteiger partial charge in [0.1, 0.15) is 24.1 Å². The topological polar surface area (TPSA) is 145 Å². The van der Waals surface area contributed by atoms with Gasteiger partial charge in [-0.1, -0.05) is 0 Å². The Kier molecular flexibility index (Phi) is 2.82. The van der Waals surface area contributed by atoms with Gasteiger partial charge >= 0.3 is 0 Å². The third-order valence-corrected chi connectivity index (χ3v) is 3.26. The smallest absolute Gasteiger partial charge is 0.167 e. The van der Waals surface area contributed by atoms with E-state index in [9.17, 15) is 5.11 Å². The van der Waals surface area contributed by atoms with Gasteiger partial charge in [0.15, 0.2) is 17.7 Å². The van der Waals surface area contributed by atoms with Crippen molar-refractivity contribution in [2.45, 2.75) is 24.5 Å². The monoisotopic (exact) mass is 266 g/mol. The van der Waals surface area contributed by atoms with Crippen molar-refractivity contribution in [3.8, 4) is 0 Å². The van der Waals surface area contributed by atoms with Gasteiger partial charge in [-0.2, -0.15) is 0 Å². The van der Waals surface area contributed by atoms with Gasteiger partial charge in [0, 0.05) is 0 Å². The molecule has 0 radical (unpaired) electrons. The summed E-state index contributed by atoms with van der Waals surface area (Å²) >= 11 is 0. The molecule has 2 aromatic heterocycles. The number of ether oxygens (including phenoxy) is 1. The molecule has 3 heterocycles. The molecule has 3 rings (SSSR count). The first-order valence-electron chi connectivity index (χ1n) is 5.76. The number of rotatable bonds is 2. The Morgan fingerprint density at radius 3 is 2.84 bits per heavy atom. The van der Waals surface area contributed by atoms with E-state index in [4.69, 9.17) is 21.3 Å². The minimum atomic E-state index is -0.952. The lowest BCUT2D eigenvalue weighted by Crippen LogP contribution is -2.39. The fourth-order valence-corrected chi connectivity index (χ4v) is 2.23. The maximum absolute atomic E-state index is 9.85. The molecular weight excluding hydrogens is 252 g/mol. The van der Waals surface area contributed by atoms with Gasteiger partial charge in [0.25, 0.3) is 0 Å². The second kappa shape index (κ2) is 4.38. The number of aliphatic hydroxyl groups is 2. The minimum absolute atomic E-state index is 0.259. The number of hydrogen-bond donors (Lipinski definition) is 4. The van der Waals surface area contributed by atoms with E-state index < -0.39 is 24.5 Å². The van der Waals surface area contributed by atoms with E-state index in [1.54, 1.807) is 4.57 Å². The summed E-state index contributed by atoms with van der Waals surface area (Å²) in [4.78, 5) is 12.0. The number of anilines is 1. The zero-order chi connectivity index (χ0) is 13.6. The average Bonchev–Trinajstić information content (AvgIpc) is 2.94. The lowest BCUT2D eigenvalue weighted by molar-refractivity contribution is -0.0437. The second-order valence-corrected chi connectivity index (χ2v) is 4.40. The van der Waals surface area contributed by atoms with E-state index in [1.807, 2.05) is 0 Å². The van der Waals surface area contributed by atoms with Gasteiger partial charge < -0.3 is 26.4 Å². The zero-order valence-electron chi connectivity index (χ0n) is 9.92. The number of nitrogen functional groups attached to an aromatic ring is 1. The molecular formula is C10H14N6O3. The summed E-state index contributed by atoms with van der Waals surface area (Å²) in [7, 11) is 0. The number of imidazole rings is 1. The fraction of sp³-hybridized carbons (Fsp3) is 0.500. The molecule has 0 aromatic carbocycles. The molecule has 9 nitrogen and oxygen atoms in total. The molecule has 2 aromatic rings. The zero-order valence-corrected chi connectivity index (χ0v) is 9.92. The molecule has 1 aliphatic heterocycles. The summed E-state index contributed by atoms with van der Waals surface area (Å²) in [5.41, 5.74) is 12.5. The molecule has 0 spiro atoms. The Morgan fingerprint density at radius 2 is 2.16 bits per heavy atom. The van der Waals surface area contributed by atoms with Crippen LogP contribution in [0.2, 0.25) is 0 Å². The number of fused-ring (bicyclic) bond motifs is 1. The van der Waals surface area contributed by atoms with E-state index in [2.05, 4.69) is 15.0 Å². The molecule has 0 unspecified atom stereocenters. The van der Waals surface area contributed by atoms with Crippen LogP contribution in [-0.2, 0) is 4.74 Å². The Labute approximate surface area is 107 Å². The summed E-state index contributed by atoms with van der Waals surface area (Å²) in [5, 5.41) is 19.0. The first-order valence-corrected chi connectivity index (χ1v) is 5.76. The highest BCUT2D eigenvalue weighted by Crippen LogP contribution is 2.30. The summed E-state index contributed by atoms with van der Waals surface area (Å²) in [6.07, 6.45) is 0.456. The lowest BCUT2D eigenvalue weighted by Gasteiger charge is -2.17. The van der Waals surface area contributed by atoms with Crippen LogP contribution >= 0.6 is 0 Å². The van der Waals surface area contributed by atoms with Crippen molar-refractivity contribution in [2.24, 2.45) is 5.73 Å². The normalized spacial score (nSPS) is 31.1. The molecule has 1 fully saturated rings. The van der Waals surface area contributed by atoms with Gasteiger partial charge in [-0.25, -0.2) is 15.0 Å². The highest BCUT2D eigenvalue weighted by molar-refractivity contribution is 5.81. The molecule has 1 aliphatic rings. The Balaban J connectivity index is 2.04. The molecule has 1 saturated heterocycles. The van der Waals surface area contributed by atoms with Crippen LogP contribution in [0.5, 0.6) is 0 Å². The molecule has 19 heavy (non-hydrogen) atoms. The highest BCUT2D eigenvalue weighted by atomic mass is 16.5. The quantitative estimate of drug-likeness (QED) is 0.487. The molecule has 0 amide bonds. The predicted octanol–water partition coefficient (Wildman–Crippen LogP) is -2.01. The van der Waals surface area contributed by atoms with Crippen LogP contribution in [0.4, 0.5) is 5.82 Å². The van der Waals surface area contributed by atoms with E-state index in [0.717, 1.165) is 0 Å². The third-order valence-electron chi connectivity index (χ3n) is 3.26. The van der Waals surface area contributed by atoms with Crippen molar-refractivity contribution in [3.05, 3.63) is 12.7 Å². The SMILES string of the molecule is Nc1ncnc2c1ncn2[C@@H]1O[C@H](CO)[C@H](O)[C@@H]1N. The molecule has 0 aliphatic carbocycles. The summed E-state index contributed by atoms with van der Waals surface area (Å²) in [6.45, 7) is -0.310. The van der Waals surface area contributed by atoms with Gasteiger partial charge in [-0.3, -0.25) is 4.57 Å². The number of hydrogen-bond acceptors (Lipinski definition) is 8. The van der Waals surface area contributed by atoms with Gasteiger partial charge in [0.2, 0.25) is 0 Å². The summed E-state index contributed by atoms with van der Waals surface area (Å²) < 4.78 is 7.10. The maximum Gasteiger partial charge on any atom is 0.167 e. The third kappa shape index (κ3) is 1.75. The summed E-state index contributed by atoms with van der Waals surface area (Å²) in [5.74, 6) is 0.259.